The van der Waals surface area contributed by atoms with Crippen LogP contribution in [0.25, 0.3) is 0 Å². The quantitative estimate of drug-likeness (QED) is 0.487. The van der Waals surface area contributed by atoms with E-state index >= 15 is 0 Å². The molecule has 0 radical (unpaired) electrons. The molecule has 0 saturated heterocycles. The number of nitro benzene ring substituents is 1. The zero-order valence-corrected chi connectivity index (χ0v) is 10.8. The van der Waals surface area contributed by atoms with Crippen LogP contribution in [0.4, 0.5) is 10.1 Å². The van der Waals surface area contributed by atoms with Gasteiger partial charge >= 0.3 is 0 Å². The Hall–Kier alpha value is -2.56. The van der Waals surface area contributed by atoms with Gasteiger partial charge in [-0.15, -0.1) is 0 Å². The third-order valence-corrected chi connectivity index (χ3v) is 2.98. The number of carbonyl (C=O) groups is 1. The molecule has 0 atom stereocenters. The van der Waals surface area contributed by atoms with Gasteiger partial charge in [-0.3, -0.25) is 14.9 Å². The van der Waals surface area contributed by atoms with E-state index < -0.39 is 10.7 Å². The molecule has 0 N–H and O–H groups in total. The molecule has 0 amide bonds. The van der Waals surface area contributed by atoms with E-state index in [0.29, 0.717) is 11.1 Å². The number of aryl methyl sites for hydroxylation is 1. The molecule has 0 spiro atoms. The van der Waals surface area contributed by atoms with E-state index in [1.807, 2.05) is 0 Å². The topological polar surface area (TPSA) is 60.2 Å². The highest BCUT2D eigenvalue weighted by Gasteiger charge is 2.22. The predicted molar refractivity (Wildman–Crippen MR) is 72.3 cm³/mol. The molecule has 0 aliphatic carbocycles. The first-order valence-corrected chi connectivity index (χ1v) is 6.00. The van der Waals surface area contributed by atoms with Gasteiger partial charge in [0.25, 0.3) is 5.69 Å². The number of hydrogen-bond acceptors (Lipinski definition) is 3. The average Bonchev–Trinajstić information content (AvgIpc) is 2.38. The second-order valence-electron chi connectivity index (χ2n) is 4.46. The summed E-state index contributed by atoms with van der Waals surface area (Å²) >= 11 is 0. The first kappa shape index (κ1) is 13.9. The van der Waals surface area contributed by atoms with Crippen LogP contribution in [0.5, 0.6) is 0 Å². The van der Waals surface area contributed by atoms with Crippen LogP contribution in [-0.4, -0.2) is 10.7 Å². The minimum absolute atomic E-state index is 0.0660. The highest BCUT2D eigenvalue weighted by atomic mass is 19.1. The smallest absolute Gasteiger partial charge is 0.280 e. The van der Waals surface area contributed by atoms with Crippen molar-refractivity contribution in [2.75, 3.05) is 0 Å². The molecule has 0 saturated carbocycles. The fourth-order valence-electron chi connectivity index (χ4n) is 2.09. The Bertz CT molecular complexity index is 683. The normalized spacial score (nSPS) is 10.3. The summed E-state index contributed by atoms with van der Waals surface area (Å²) in [5, 5.41) is 11.0. The minimum Gasteiger partial charge on any atom is -0.294 e. The van der Waals surface area contributed by atoms with Crippen molar-refractivity contribution in [1.29, 1.82) is 0 Å². The molecule has 102 valence electrons. The minimum atomic E-state index is -0.578. The lowest BCUT2D eigenvalue weighted by molar-refractivity contribution is -0.385. The molecule has 2 rings (SSSR count). The number of halogens is 1. The second kappa shape index (κ2) is 5.61. The van der Waals surface area contributed by atoms with Gasteiger partial charge in [-0.25, -0.2) is 4.39 Å². The third-order valence-electron chi connectivity index (χ3n) is 2.98. The molecule has 0 bridgehead atoms. The average molecular weight is 273 g/mol. The predicted octanol–water partition coefficient (Wildman–Crippen LogP) is 3.47. The van der Waals surface area contributed by atoms with E-state index in [-0.39, 0.29) is 23.5 Å². The Morgan fingerprint density at radius 3 is 2.60 bits per heavy atom. The van der Waals surface area contributed by atoms with E-state index in [9.17, 15) is 19.3 Å². The maximum atomic E-state index is 13.1. The van der Waals surface area contributed by atoms with E-state index in [4.69, 9.17) is 0 Å². The van der Waals surface area contributed by atoms with Gasteiger partial charge in [-0.05, 0) is 30.2 Å². The third kappa shape index (κ3) is 2.88. The van der Waals surface area contributed by atoms with Gasteiger partial charge in [0.2, 0.25) is 0 Å². The molecule has 5 heteroatoms. The lowest BCUT2D eigenvalue weighted by Gasteiger charge is -2.06. The Balaban J connectivity index is 2.37. The number of nitrogens with zero attached hydrogens (tertiary/aromatic N) is 1. The highest BCUT2D eigenvalue weighted by Crippen LogP contribution is 2.23. The second-order valence-corrected chi connectivity index (χ2v) is 4.46. The molecule has 0 fully saturated rings. The van der Waals surface area contributed by atoms with Crippen molar-refractivity contribution >= 4 is 11.5 Å². The van der Waals surface area contributed by atoms with Gasteiger partial charge < -0.3 is 0 Å². The van der Waals surface area contributed by atoms with Crippen LogP contribution in [0.15, 0.2) is 42.5 Å². The van der Waals surface area contributed by atoms with Gasteiger partial charge in [0.05, 0.1) is 10.5 Å². The summed E-state index contributed by atoms with van der Waals surface area (Å²) in [6.07, 6.45) is -0.0660. The van der Waals surface area contributed by atoms with E-state index in [1.165, 1.54) is 30.3 Å². The Kier molecular flexibility index (Phi) is 3.89. The number of Topliss-reactive ketones (excluding diaryl/α,β-unsaturated/α-hetero) is 1. The lowest BCUT2D eigenvalue weighted by Crippen LogP contribution is -2.09. The van der Waals surface area contributed by atoms with Crippen molar-refractivity contribution in [1.82, 2.24) is 0 Å². The van der Waals surface area contributed by atoms with Crippen molar-refractivity contribution in [2.45, 2.75) is 13.3 Å². The van der Waals surface area contributed by atoms with Gasteiger partial charge in [-0.2, -0.15) is 0 Å². The Morgan fingerprint density at radius 1 is 1.25 bits per heavy atom. The number of rotatable bonds is 4. The number of benzene rings is 2. The summed E-state index contributed by atoms with van der Waals surface area (Å²) < 4.78 is 13.1. The fraction of sp³-hybridized carbons (Fsp3) is 0.133. The molecule has 2 aromatic carbocycles. The zero-order chi connectivity index (χ0) is 14.7. The van der Waals surface area contributed by atoms with Crippen molar-refractivity contribution in [3.8, 4) is 0 Å². The summed E-state index contributed by atoms with van der Waals surface area (Å²) in [6, 6.07) is 10.1. The molecule has 0 aliphatic rings. The van der Waals surface area contributed by atoms with Crippen molar-refractivity contribution in [3.63, 3.8) is 0 Å². The van der Waals surface area contributed by atoms with Crippen LogP contribution in [0, 0.1) is 22.9 Å². The van der Waals surface area contributed by atoms with Gasteiger partial charge in [0, 0.05) is 12.5 Å². The van der Waals surface area contributed by atoms with Crippen molar-refractivity contribution in [2.24, 2.45) is 0 Å². The molecule has 0 aromatic heterocycles. The molecule has 0 heterocycles. The van der Waals surface area contributed by atoms with Crippen LogP contribution in [-0.2, 0) is 6.42 Å². The Morgan fingerprint density at radius 2 is 1.95 bits per heavy atom. The maximum Gasteiger partial charge on any atom is 0.280 e. The summed E-state index contributed by atoms with van der Waals surface area (Å²) in [7, 11) is 0. The molecule has 20 heavy (non-hydrogen) atoms. The summed E-state index contributed by atoms with van der Waals surface area (Å²) in [6.45, 7) is 1.64. The van der Waals surface area contributed by atoms with Gasteiger partial charge in [0.1, 0.15) is 5.82 Å². The fourth-order valence-corrected chi connectivity index (χ4v) is 2.09. The highest BCUT2D eigenvalue weighted by molar-refractivity contribution is 6.02. The standard InChI is InChI=1S/C15H12FNO3/c1-10-4-2-7-13(17(19)20)15(10)14(18)9-11-5-3-6-12(16)8-11/h2-8H,9H2,1H3. The van der Waals surface area contributed by atoms with Crippen LogP contribution in [0.2, 0.25) is 0 Å². The largest absolute Gasteiger partial charge is 0.294 e. The van der Waals surface area contributed by atoms with Crippen molar-refractivity contribution in [3.05, 3.63) is 75.1 Å². The zero-order valence-electron chi connectivity index (χ0n) is 10.8. The SMILES string of the molecule is Cc1cccc([N+](=O)[O-])c1C(=O)Cc1cccc(F)c1. The summed E-state index contributed by atoms with van der Waals surface area (Å²) in [5.74, 6) is -0.824. The van der Waals surface area contributed by atoms with Crippen LogP contribution < -0.4 is 0 Å². The molecule has 0 aliphatic heterocycles. The summed E-state index contributed by atoms with van der Waals surface area (Å²) in [4.78, 5) is 22.6. The number of hydrogen-bond donors (Lipinski definition) is 0. The van der Waals surface area contributed by atoms with Crippen LogP contribution in [0.1, 0.15) is 21.5 Å². The molecular formula is C15H12FNO3. The Labute approximate surface area is 115 Å². The molecular weight excluding hydrogens is 261 g/mol. The summed E-state index contributed by atoms with van der Waals surface area (Å²) in [5.41, 5.74) is 0.904. The first-order valence-electron chi connectivity index (χ1n) is 6.00. The van der Waals surface area contributed by atoms with Crippen LogP contribution in [0.3, 0.4) is 0 Å². The van der Waals surface area contributed by atoms with Gasteiger partial charge in [0.15, 0.2) is 5.78 Å². The van der Waals surface area contributed by atoms with Gasteiger partial charge in [-0.1, -0.05) is 24.3 Å². The van der Waals surface area contributed by atoms with E-state index in [0.717, 1.165) is 0 Å². The monoisotopic (exact) mass is 273 g/mol. The maximum absolute atomic E-state index is 13.1. The molecule has 2 aromatic rings. The van der Waals surface area contributed by atoms with Crippen molar-refractivity contribution < 1.29 is 14.1 Å². The number of carbonyl (C=O) groups excluding carboxylic acids is 1. The van der Waals surface area contributed by atoms with Crippen LogP contribution >= 0.6 is 0 Å². The van der Waals surface area contributed by atoms with E-state index in [2.05, 4.69) is 0 Å². The molecule has 4 nitrogen and oxygen atoms in total. The van der Waals surface area contributed by atoms with E-state index in [1.54, 1.807) is 19.1 Å². The first-order chi connectivity index (χ1) is 9.49. The number of ketones is 1. The lowest BCUT2D eigenvalue weighted by atomic mass is 9.97. The molecule has 0 unspecified atom stereocenters. The number of nitro groups is 1.